The first-order valence-electron chi connectivity index (χ1n) is 9.68. The van der Waals surface area contributed by atoms with E-state index in [1.54, 1.807) is 12.1 Å². The normalized spacial score (nSPS) is 13.6. The van der Waals surface area contributed by atoms with Crippen LogP contribution in [0.4, 0.5) is 4.39 Å². The van der Waals surface area contributed by atoms with Crippen molar-refractivity contribution in [2.75, 3.05) is 0 Å². The van der Waals surface area contributed by atoms with E-state index in [4.69, 9.17) is 0 Å². The number of nitrogens with one attached hydrogen (secondary N) is 1. The molecule has 4 aromatic rings. The van der Waals surface area contributed by atoms with Gasteiger partial charge in [0.1, 0.15) is 10.6 Å². The summed E-state index contributed by atoms with van der Waals surface area (Å²) in [5, 5.41) is 3.29. The molecule has 0 aliphatic heterocycles. The monoisotopic (exact) mass is 422 g/mol. The first kappa shape index (κ1) is 18.6. The summed E-state index contributed by atoms with van der Waals surface area (Å²) < 4.78 is 13.0. The van der Waals surface area contributed by atoms with Crippen molar-refractivity contribution in [1.82, 2.24) is 9.97 Å². The van der Waals surface area contributed by atoms with Crippen LogP contribution in [0.5, 0.6) is 0 Å². The zero-order valence-electron chi connectivity index (χ0n) is 15.7. The lowest BCUT2D eigenvalue weighted by Crippen LogP contribution is -2.09. The predicted octanol–water partition coefficient (Wildman–Crippen LogP) is 5.96. The summed E-state index contributed by atoms with van der Waals surface area (Å²) in [7, 11) is 0. The number of hydrogen-bond acceptors (Lipinski definition) is 4. The molecule has 6 heteroatoms. The minimum absolute atomic E-state index is 0.106. The van der Waals surface area contributed by atoms with E-state index in [0.717, 1.165) is 34.4 Å². The smallest absolute Gasteiger partial charge is 0.260 e. The van der Waals surface area contributed by atoms with Crippen molar-refractivity contribution in [3.8, 4) is 11.1 Å². The van der Waals surface area contributed by atoms with E-state index in [1.807, 2.05) is 5.38 Å². The van der Waals surface area contributed by atoms with Crippen LogP contribution in [0, 0.1) is 5.82 Å². The van der Waals surface area contributed by atoms with E-state index in [0.29, 0.717) is 16.3 Å². The third kappa shape index (κ3) is 3.74. The van der Waals surface area contributed by atoms with Crippen molar-refractivity contribution >= 4 is 33.3 Å². The van der Waals surface area contributed by atoms with Crippen LogP contribution in [0.25, 0.3) is 21.3 Å². The van der Waals surface area contributed by atoms with E-state index in [-0.39, 0.29) is 11.4 Å². The number of fused-ring (bicyclic) bond motifs is 2. The van der Waals surface area contributed by atoms with Crippen molar-refractivity contribution < 1.29 is 4.39 Å². The number of benzene rings is 2. The molecule has 1 aliphatic rings. The summed E-state index contributed by atoms with van der Waals surface area (Å²) in [5.41, 5.74) is 5.78. The molecule has 0 atom stereocenters. The van der Waals surface area contributed by atoms with Gasteiger partial charge < -0.3 is 4.98 Å². The maximum absolute atomic E-state index is 13.0. The first-order chi connectivity index (χ1) is 14.2. The molecular weight excluding hydrogens is 403 g/mol. The van der Waals surface area contributed by atoms with Gasteiger partial charge in [0, 0.05) is 16.7 Å². The zero-order chi connectivity index (χ0) is 19.8. The number of H-pyrrole nitrogens is 1. The number of halogens is 1. The second-order valence-corrected chi connectivity index (χ2v) is 9.13. The van der Waals surface area contributed by atoms with Crippen molar-refractivity contribution in [2.24, 2.45) is 0 Å². The SMILES string of the molecule is O=c1[nH]c(SCc2ccc(F)cc2)nc2scc(-c3ccc4c(c3)CCCC4)c12. The highest BCUT2D eigenvalue weighted by Gasteiger charge is 2.16. The number of aromatic amines is 1. The molecule has 0 radical (unpaired) electrons. The van der Waals surface area contributed by atoms with Crippen LogP contribution in [0.1, 0.15) is 29.5 Å². The van der Waals surface area contributed by atoms with Crippen LogP contribution in [-0.4, -0.2) is 9.97 Å². The Morgan fingerprint density at radius 1 is 1.07 bits per heavy atom. The molecular formula is C23H19FN2OS2. The van der Waals surface area contributed by atoms with Crippen LogP contribution in [0.2, 0.25) is 0 Å². The predicted molar refractivity (Wildman–Crippen MR) is 118 cm³/mol. The lowest BCUT2D eigenvalue weighted by Gasteiger charge is -2.16. The van der Waals surface area contributed by atoms with Gasteiger partial charge in [0.25, 0.3) is 5.56 Å². The fourth-order valence-corrected chi connectivity index (χ4v) is 5.67. The summed E-state index contributed by atoms with van der Waals surface area (Å²) in [6.07, 6.45) is 4.76. The highest BCUT2D eigenvalue weighted by molar-refractivity contribution is 7.98. The van der Waals surface area contributed by atoms with Crippen LogP contribution in [0.15, 0.2) is 57.8 Å². The topological polar surface area (TPSA) is 45.8 Å². The van der Waals surface area contributed by atoms with Crippen molar-refractivity contribution in [3.63, 3.8) is 0 Å². The molecule has 2 heterocycles. The van der Waals surface area contributed by atoms with E-state index >= 15 is 0 Å². The Hall–Kier alpha value is -2.44. The lowest BCUT2D eigenvalue weighted by molar-refractivity contribution is 0.627. The van der Waals surface area contributed by atoms with Gasteiger partial charge in [0.2, 0.25) is 0 Å². The number of rotatable bonds is 4. The van der Waals surface area contributed by atoms with E-state index < -0.39 is 0 Å². The van der Waals surface area contributed by atoms with E-state index in [1.165, 1.54) is 59.2 Å². The maximum atomic E-state index is 13.0. The standard InChI is InChI=1S/C23H19FN2OS2/c24-18-9-5-14(6-10-18)12-29-23-25-21(27)20-19(13-28-22(20)26-23)17-8-7-15-3-1-2-4-16(15)11-17/h5-11,13H,1-4,12H2,(H,25,26,27). The molecule has 0 spiro atoms. The second-order valence-electron chi connectivity index (χ2n) is 7.31. The number of nitrogens with zero attached hydrogens (tertiary/aromatic N) is 1. The summed E-state index contributed by atoms with van der Waals surface area (Å²) in [6.45, 7) is 0. The minimum Gasteiger partial charge on any atom is -0.301 e. The van der Waals surface area contributed by atoms with Crippen LogP contribution in [0.3, 0.4) is 0 Å². The quantitative estimate of drug-likeness (QED) is 0.326. The molecule has 1 aliphatic carbocycles. The molecule has 29 heavy (non-hydrogen) atoms. The van der Waals surface area contributed by atoms with E-state index in [9.17, 15) is 9.18 Å². The molecule has 2 aromatic carbocycles. The maximum Gasteiger partial charge on any atom is 0.260 e. The average Bonchev–Trinajstić information content (AvgIpc) is 3.18. The Morgan fingerprint density at radius 3 is 2.69 bits per heavy atom. The largest absolute Gasteiger partial charge is 0.301 e. The summed E-state index contributed by atoms with van der Waals surface area (Å²) in [4.78, 5) is 21.2. The molecule has 2 aromatic heterocycles. The summed E-state index contributed by atoms with van der Waals surface area (Å²) >= 11 is 2.95. The fourth-order valence-electron chi connectivity index (χ4n) is 3.84. The van der Waals surface area contributed by atoms with Gasteiger partial charge in [-0.05, 0) is 60.1 Å². The minimum atomic E-state index is -0.250. The Morgan fingerprint density at radius 2 is 1.86 bits per heavy atom. The molecule has 0 amide bonds. The number of aromatic nitrogens is 2. The molecule has 0 saturated heterocycles. The number of thioether (sulfide) groups is 1. The molecule has 5 rings (SSSR count). The Balaban J connectivity index is 1.45. The number of hydrogen-bond donors (Lipinski definition) is 1. The Kier molecular flexibility index (Phi) is 4.97. The molecule has 1 N–H and O–H groups in total. The van der Waals surface area contributed by atoms with Gasteiger partial charge >= 0.3 is 0 Å². The van der Waals surface area contributed by atoms with Crippen molar-refractivity contribution in [2.45, 2.75) is 36.6 Å². The Bertz CT molecular complexity index is 1240. The van der Waals surface area contributed by atoms with Gasteiger partial charge in [0.15, 0.2) is 5.16 Å². The number of thiophene rings is 1. The average molecular weight is 423 g/mol. The third-order valence-corrected chi connectivity index (χ3v) is 7.19. The van der Waals surface area contributed by atoms with Crippen LogP contribution >= 0.6 is 23.1 Å². The Labute approximate surface area is 176 Å². The van der Waals surface area contributed by atoms with Crippen molar-refractivity contribution in [3.05, 3.63) is 80.7 Å². The van der Waals surface area contributed by atoms with Gasteiger partial charge in [-0.25, -0.2) is 9.37 Å². The highest BCUT2D eigenvalue weighted by Crippen LogP contribution is 2.34. The van der Waals surface area contributed by atoms with Gasteiger partial charge in [-0.1, -0.05) is 42.1 Å². The molecule has 0 bridgehead atoms. The summed E-state index contributed by atoms with van der Waals surface area (Å²) in [5.74, 6) is 0.373. The van der Waals surface area contributed by atoms with Gasteiger partial charge in [-0.15, -0.1) is 11.3 Å². The lowest BCUT2D eigenvalue weighted by atomic mass is 9.89. The van der Waals surface area contributed by atoms with Crippen molar-refractivity contribution in [1.29, 1.82) is 0 Å². The van der Waals surface area contributed by atoms with Gasteiger partial charge in [-0.3, -0.25) is 4.79 Å². The zero-order valence-corrected chi connectivity index (χ0v) is 17.3. The number of aryl methyl sites for hydroxylation is 2. The molecule has 0 unspecified atom stereocenters. The highest BCUT2D eigenvalue weighted by atomic mass is 32.2. The molecule has 0 fully saturated rings. The summed E-state index contributed by atoms with van der Waals surface area (Å²) in [6, 6.07) is 13.0. The first-order valence-corrected chi connectivity index (χ1v) is 11.5. The van der Waals surface area contributed by atoms with E-state index in [2.05, 4.69) is 28.2 Å². The third-order valence-electron chi connectivity index (χ3n) is 5.37. The van der Waals surface area contributed by atoms with Gasteiger partial charge in [-0.2, -0.15) is 0 Å². The van der Waals surface area contributed by atoms with Gasteiger partial charge in [0.05, 0.1) is 5.39 Å². The second kappa shape index (κ2) is 7.76. The molecule has 146 valence electrons. The van der Waals surface area contributed by atoms with Crippen LogP contribution in [-0.2, 0) is 18.6 Å². The molecule has 0 saturated carbocycles. The van der Waals surface area contributed by atoms with Crippen LogP contribution < -0.4 is 5.56 Å². The molecule has 3 nitrogen and oxygen atoms in total. The fraction of sp³-hybridized carbons (Fsp3) is 0.217.